The van der Waals surface area contributed by atoms with E-state index >= 15 is 0 Å². The number of benzene rings is 2. The predicted octanol–water partition coefficient (Wildman–Crippen LogP) is 3.43. The lowest BCUT2D eigenvalue weighted by molar-refractivity contribution is 0.489. The highest BCUT2D eigenvalue weighted by Crippen LogP contribution is 2.18. The van der Waals surface area contributed by atoms with E-state index in [0.29, 0.717) is 10.8 Å². The summed E-state index contributed by atoms with van der Waals surface area (Å²) in [7, 11) is -4.27. The fourth-order valence-electron chi connectivity index (χ4n) is 1.74. The Morgan fingerprint density at radius 1 is 0.957 bits per heavy atom. The summed E-state index contributed by atoms with van der Waals surface area (Å²) in [5, 5.41) is 6.45. The highest BCUT2D eigenvalue weighted by molar-refractivity contribution is 7.98. The third-order valence-corrected chi connectivity index (χ3v) is 4.18. The normalized spacial score (nSPS) is 10.9. The van der Waals surface area contributed by atoms with Crippen molar-refractivity contribution in [1.29, 1.82) is 0 Å². The van der Waals surface area contributed by atoms with Gasteiger partial charge in [-0.25, -0.2) is 0 Å². The average molecular weight is 369 g/mol. The molecule has 0 heterocycles. The zero-order chi connectivity index (χ0) is 16.9. The predicted molar refractivity (Wildman–Crippen MR) is 99.7 cm³/mol. The third-order valence-electron chi connectivity index (χ3n) is 2.74. The SMILES string of the molecule is CSc1ccc(NC(=S)Nc2ccc(NS(=O)(=O)O)cc2)cc1. The first-order chi connectivity index (χ1) is 10.9. The molecule has 0 atom stereocenters. The number of nitrogens with one attached hydrogen (secondary N) is 3. The van der Waals surface area contributed by atoms with Crippen molar-refractivity contribution in [3.05, 3.63) is 48.5 Å². The van der Waals surface area contributed by atoms with Crippen molar-refractivity contribution in [3.8, 4) is 0 Å². The fraction of sp³-hybridized carbons (Fsp3) is 0.0714. The molecule has 2 rings (SSSR count). The molecule has 122 valence electrons. The van der Waals surface area contributed by atoms with Crippen molar-refractivity contribution in [2.75, 3.05) is 21.6 Å². The van der Waals surface area contributed by atoms with E-state index in [1.54, 1.807) is 23.9 Å². The summed E-state index contributed by atoms with van der Waals surface area (Å²) >= 11 is 6.88. The number of rotatable bonds is 5. The molecule has 2 aromatic carbocycles. The Labute approximate surface area is 144 Å². The van der Waals surface area contributed by atoms with E-state index in [2.05, 4.69) is 10.6 Å². The number of hydrogen-bond acceptors (Lipinski definition) is 4. The Morgan fingerprint density at radius 2 is 1.39 bits per heavy atom. The molecule has 0 amide bonds. The van der Waals surface area contributed by atoms with E-state index in [-0.39, 0.29) is 5.69 Å². The van der Waals surface area contributed by atoms with E-state index < -0.39 is 10.3 Å². The quantitative estimate of drug-likeness (QED) is 0.365. The number of thiocarbonyl (C=S) groups is 1. The van der Waals surface area contributed by atoms with E-state index in [1.807, 2.05) is 35.2 Å². The van der Waals surface area contributed by atoms with Crippen LogP contribution in [-0.2, 0) is 10.3 Å². The van der Waals surface area contributed by atoms with Crippen LogP contribution in [0.4, 0.5) is 17.1 Å². The third kappa shape index (κ3) is 6.06. The second kappa shape index (κ2) is 7.64. The van der Waals surface area contributed by atoms with Gasteiger partial charge in [-0.05, 0) is 67.0 Å². The first kappa shape index (κ1) is 17.5. The monoisotopic (exact) mass is 369 g/mol. The van der Waals surface area contributed by atoms with Gasteiger partial charge in [-0.15, -0.1) is 11.8 Å². The van der Waals surface area contributed by atoms with Crippen molar-refractivity contribution >= 4 is 56.5 Å². The van der Waals surface area contributed by atoms with Crippen LogP contribution in [-0.4, -0.2) is 24.3 Å². The lowest BCUT2D eigenvalue weighted by Crippen LogP contribution is -2.19. The van der Waals surface area contributed by atoms with Crippen LogP contribution in [0.3, 0.4) is 0 Å². The number of thioether (sulfide) groups is 1. The molecule has 0 unspecified atom stereocenters. The standard InChI is InChI=1S/C14H15N3O3S3/c1-22-13-8-6-11(7-9-13)16-14(21)15-10-2-4-12(5-3-10)17-23(18,19)20/h2-9,17H,1H3,(H2,15,16,21)(H,18,19,20). The first-order valence-corrected chi connectivity index (χ1v) is 9.50. The minimum absolute atomic E-state index is 0.254. The molecule has 0 fully saturated rings. The molecule has 0 aliphatic carbocycles. The Kier molecular flexibility index (Phi) is 5.83. The second-order valence-electron chi connectivity index (χ2n) is 4.46. The number of anilines is 3. The molecule has 4 N–H and O–H groups in total. The molecule has 9 heteroatoms. The van der Waals surface area contributed by atoms with Gasteiger partial charge in [-0.3, -0.25) is 9.27 Å². The molecule has 0 bridgehead atoms. The summed E-state index contributed by atoms with van der Waals surface area (Å²) in [4.78, 5) is 1.16. The van der Waals surface area contributed by atoms with E-state index in [9.17, 15) is 8.42 Å². The van der Waals surface area contributed by atoms with Crippen molar-refractivity contribution in [2.24, 2.45) is 0 Å². The molecule has 0 aliphatic rings. The summed E-state index contributed by atoms with van der Waals surface area (Å²) in [6.07, 6.45) is 2.01. The van der Waals surface area contributed by atoms with E-state index in [1.165, 1.54) is 12.1 Å². The smallest absolute Gasteiger partial charge is 0.332 e. The van der Waals surface area contributed by atoms with Gasteiger partial charge >= 0.3 is 10.3 Å². The van der Waals surface area contributed by atoms with Crippen LogP contribution < -0.4 is 15.4 Å². The Morgan fingerprint density at radius 3 is 1.83 bits per heavy atom. The zero-order valence-electron chi connectivity index (χ0n) is 12.1. The van der Waals surface area contributed by atoms with Gasteiger partial charge < -0.3 is 10.6 Å². The topological polar surface area (TPSA) is 90.5 Å². The van der Waals surface area contributed by atoms with Crippen LogP contribution in [0.15, 0.2) is 53.4 Å². The van der Waals surface area contributed by atoms with Gasteiger partial charge in [0.2, 0.25) is 0 Å². The van der Waals surface area contributed by atoms with Crippen LogP contribution >= 0.6 is 24.0 Å². The van der Waals surface area contributed by atoms with Gasteiger partial charge in [0, 0.05) is 16.3 Å². The minimum atomic E-state index is -4.27. The van der Waals surface area contributed by atoms with Gasteiger partial charge in [-0.1, -0.05) is 0 Å². The number of hydrogen-bond donors (Lipinski definition) is 4. The maximum Gasteiger partial charge on any atom is 0.357 e. The lowest BCUT2D eigenvalue weighted by atomic mass is 10.3. The Balaban J connectivity index is 1.94. The molecule has 0 aromatic heterocycles. The summed E-state index contributed by atoms with van der Waals surface area (Å²) in [5.74, 6) is 0. The Bertz CT molecular complexity index is 775. The van der Waals surface area contributed by atoms with Gasteiger partial charge in [0.15, 0.2) is 5.11 Å². The molecular weight excluding hydrogens is 354 g/mol. The summed E-state index contributed by atoms with van der Waals surface area (Å²) in [6, 6.07) is 14.1. The van der Waals surface area contributed by atoms with Gasteiger partial charge in [-0.2, -0.15) is 8.42 Å². The maximum atomic E-state index is 10.7. The van der Waals surface area contributed by atoms with Crippen LogP contribution in [0.1, 0.15) is 0 Å². The largest absolute Gasteiger partial charge is 0.357 e. The summed E-state index contributed by atoms with van der Waals surface area (Å²) < 4.78 is 32.1. The summed E-state index contributed by atoms with van der Waals surface area (Å²) in [6.45, 7) is 0. The second-order valence-corrected chi connectivity index (χ2v) is 6.90. The maximum absolute atomic E-state index is 10.7. The molecular formula is C14H15N3O3S3. The molecule has 23 heavy (non-hydrogen) atoms. The lowest BCUT2D eigenvalue weighted by Gasteiger charge is -2.11. The molecule has 0 saturated carbocycles. The first-order valence-electron chi connectivity index (χ1n) is 6.43. The molecule has 0 radical (unpaired) electrons. The molecule has 0 saturated heterocycles. The Hall–Kier alpha value is -1.81. The van der Waals surface area contributed by atoms with Gasteiger partial charge in [0.25, 0.3) is 0 Å². The highest BCUT2D eigenvalue weighted by atomic mass is 32.2. The van der Waals surface area contributed by atoms with Crippen molar-refractivity contribution in [3.63, 3.8) is 0 Å². The fourth-order valence-corrected chi connectivity index (χ4v) is 2.82. The van der Waals surface area contributed by atoms with E-state index in [4.69, 9.17) is 16.8 Å². The van der Waals surface area contributed by atoms with Crippen LogP contribution in [0.25, 0.3) is 0 Å². The highest BCUT2D eigenvalue weighted by Gasteiger charge is 2.04. The van der Waals surface area contributed by atoms with Crippen LogP contribution in [0.2, 0.25) is 0 Å². The average Bonchev–Trinajstić information content (AvgIpc) is 2.48. The van der Waals surface area contributed by atoms with Crippen molar-refractivity contribution in [2.45, 2.75) is 4.90 Å². The van der Waals surface area contributed by atoms with Crippen LogP contribution in [0, 0.1) is 0 Å². The molecule has 2 aromatic rings. The zero-order valence-corrected chi connectivity index (χ0v) is 14.6. The van der Waals surface area contributed by atoms with E-state index in [0.717, 1.165) is 10.6 Å². The molecule has 0 aliphatic heterocycles. The van der Waals surface area contributed by atoms with Gasteiger partial charge in [0.05, 0.1) is 5.69 Å². The van der Waals surface area contributed by atoms with Crippen molar-refractivity contribution in [1.82, 2.24) is 0 Å². The summed E-state index contributed by atoms with van der Waals surface area (Å²) in [5.41, 5.74) is 1.80. The van der Waals surface area contributed by atoms with Gasteiger partial charge in [0.1, 0.15) is 0 Å². The molecule has 0 spiro atoms. The van der Waals surface area contributed by atoms with Crippen molar-refractivity contribution < 1.29 is 13.0 Å². The van der Waals surface area contributed by atoms with Crippen LogP contribution in [0.5, 0.6) is 0 Å². The minimum Gasteiger partial charge on any atom is -0.332 e. The molecule has 6 nitrogen and oxygen atoms in total.